The van der Waals surface area contributed by atoms with Crippen molar-refractivity contribution in [3.05, 3.63) is 95.4 Å². The van der Waals surface area contributed by atoms with Crippen LogP contribution in [0.5, 0.6) is 11.5 Å². The molecule has 0 radical (unpaired) electrons. The number of hydrogen-bond acceptors (Lipinski definition) is 5. The zero-order valence-corrected chi connectivity index (χ0v) is 18.8. The van der Waals surface area contributed by atoms with Crippen molar-refractivity contribution in [1.29, 1.82) is 0 Å². The number of ether oxygens (including phenoxy) is 2. The van der Waals surface area contributed by atoms with Crippen molar-refractivity contribution in [2.24, 2.45) is 0 Å². The molecule has 0 atom stereocenters. The number of nitrogens with zero attached hydrogens (tertiary/aromatic N) is 1. The maximum atomic E-state index is 13.7. The van der Waals surface area contributed by atoms with E-state index in [2.05, 4.69) is 10.6 Å². The van der Waals surface area contributed by atoms with Gasteiger partial charge in [-0.3, -0.25) is 9.59 Å². The third-order valence-electron chi connectivity index (χ3n) is 5.19. The molecule has 0 aromatic heterocycles. The van der Waals surface area contributed by atoms with Gasteiger partial charge in [-0.25, -0.2) is 14.1 Å². The fourth-order valence-corrected chi connectivity index (χ4v) is 3.40. The number of anilines is 1. The Labute approximate surface area is 201 Å². The maximum Gasteiger partial charge on any atom is 0.329 e. The molecule has 1 aliphatic rings. The van der Waals surface area contributed by atoms with E-state index in [0.717, 1.165) is 4.90 Å². The van der Waals surface area contributed by atoms with E-state index in [1.165, 1.54) is 19.3 Å². The summed E-state index contributed by atoms with van der Waals surface area (Å²) in [5, 5.41) is 5.12. The Morgan fingerprint density at radius 3 is 2.49 bits per heavy atom. The van der Waals surface area contributed by atoms with Gasteiger partial charge in [0.15, 0.2) is 0 Å². The van der Waals surface area contributed by atoms with Gasteiger partial charge in [0.2, 0.25) is 5.91 Å². The molecule has 0 aliphatic carbocycles. The monoisotopic (exact) mass is 475 g/mol. The summed E-state index contributed by atoms with van der Waals surface area (Å²) in [6.45, 7) is -0.379. The molecule has 0 bridgehead atoms. The van der Waals surface area contributed by atoms with Crippen molar-refractivity contribution in [3.63, 3.8) is 0 Å². The number of rotatable bonds is 8. The van der Waals surface area contributed by atoms with Crippen molar-refractivity contribution in [3.8, 4) is 11.5 Å². The van der Waals surface area contributed by atoms with Gasteiger partial charge in [-0.15, -0.1) is 0 Å². The molecule has 3 aromatic carbocycles. The molecule has 4 amide bonds. The number of carbonyl (C=O) groups is 3. The fourth-order valence-electron chi connectivity index (χ4n) is 3.40. The molecule has 2 N–H and O–H groups in total. The third kappa shape index (κ3) is 5.64. The molecule has 9 heteroatoms. The average Bonchev–Trinajstić information content (AvgIpc) is 3.12. The molecule has 1 saturated heterocycles. The maximum absolute atomic E-state index is 13.7. The molecule has 0 spiro atoms. The normalized spacial score (nSPS) is 14.1. The van der Waals surface area contributed by atoms with Crippen molar-refractivity contribution in [1.82, 2.24) is 10.2 Å². The Hall–Kier alpha value is -4.66. The zero-order chi connectivity index (χ0) is 24.8. The van der Waals surface area contributed by atoms with Gasteiger partial charge in [0.1, 0.15) is 36.2 Å². The molecule has 8 nitrogen and oxygen atoms in total. The summed E-state index contributed by atoms with van der Waals surface area (Å²) >= 11 is 0. The second-order valence-electron chi connectivity index (χ2n) is 7.58. The smallest absolute Gasteiger partial charge is 0.329 e. The summed E-state index contributed by atoms with van der Waals surface area (Å²) in [5.74, 6) is -0.530. The number of nitrogens with one attached hydrogen (secondary N) is 2. The first-order valence-corrected chi connectivity index (χ1v) is 10.7. The van der Waals surface area contributed by atoms with Gasteiger partial charge in [0.05, 0.1) is 12.8 Å². The highest BCUT2D eigenvalue weighted by molar-refractivity contribution is 6.16. The third-order valence-corrected chi connectivity index (χ3v) is 5.19. The number of hydrogen-bond donors (Lipinski definition) is 2. The fraction of sp³-hybridized carbons (Fsp3) is 0.115. The Kier molecular flexibility index (Phi) is 7.06. The summed E-state index contributed by atoms with van der Waals surface area (Å²) in [5.41, 5.74) is 1.54. The lowest BCUT2D eigenvalue weighted by Crippen LogP contribution is -2.38. The first-order valence-electron chi connectivity index (χ1n) is 10.7. The highest BCUT2D eigenvalue weighted by atomic mass is 19.1. The Morgan fingerprint density at radius 2 is 1.74 bits per heavy atom. The minimum atomic E-state index is -0.693. The van der Waals surface area contributed by atoms with Crippen LogP contribution in [0.25, 0.3) is 6.08 Å². The second kappa shape index (κ2) is 10.5. The van der Waals surface area contributed by atoms with E-state index in [9.17, 15) is 18.8 Å². The van der Waals surface area contributed by atoms with Gasteiger partial charge in [0, 0.05) is 5.56 Å². The van der Waals surface area contributed by atoms with Crippen LogP contribution in [0.3, 0.4) is 0 Å². The van der Waals surface area contributed by atoms with E-state index < -0.39 is 24.4 Å². The average molecular weight is 475 g/mol. The molecule has 1 heterocycles. The van der Waals surface area contributed by atoms with Gasteiger partial charge < -0.3 is 20.1 Å². The zero-order valence-electron chi connectivity index (χ0n) is 18.8. The predicted octanol–water partition coefficient (Wildman–Crippen LogP) is 3.94. The number of para-hydroxylation sites is 2. The van der Waals surface area contributed by atoms with Crippen molar-refractivity contribution >= 4 is 29.6 Å². The quantitative estimate of drug-likeness (QED) is 0.380. The molecule has 0 unspecified atom stereocenters. The van der Waals surface area contributed by atoms with Crippen molar-refractivity contribution in [2.75, 3.05) is 19.0 Å². The predicted molar refractivity (Wildman–Crippen MR) is 127 cm³/mol. The lowest BCUT2D eigenvalue weighted by molar-refractivity contribution is -0.127. The van der Waals surface area contributed by atoms with E-state index >= 15 is 0 Å². The number of urea groups is 1. The van der Waals surface area contributed by atoms with Gasteiger partial charge >= 0.3 is 6.03 Å². The molecular formula is C26H22FN3O5. The first-order chi connectivity index (χ1) is 16.9. The number of imide groups is 1. The topological polar surface area (TPSA) is 97.0 Å². The summed E-state index contributed by atoms with van der Waals surface area (Å²) in [6.07, 6.45) is 1.50. The largest absolute Gasteiger partial charge is 0.495 e. The highest BCUT2D eigenvalue weighted by Crippen LogP contribution is 2.23. The number of carbonyl (C=O) groups excluding carboxylic acids is 3. The van der Waals surface area contributed by atoms with E-state index in [-0.39, 0.29) is 18.1 Å². The molecule has 178 valence electrons. The van der Waals surface area contributed by atoms with Gasteiger partial charge in [-0.1, -0.05) is 42.5 Å². The van der Waals surface area contributed by atoms with Crippen LogP contribution in [0.2, 0.25) is 0 Å². The second-order valence-corrected chi connectivity index (χ2v) is 7.58. The molecule has 3 aromatic rings. The van der Waals surface area contributed by atoms with Crippen LogP contribution in [0.1, 0.15) is 11.1 Å². The van der Waals surface area contributed by atoms with E-state index in [0.29, 0.717) is 28.3 Å². The van der Waals surface area contributed by atoms with Gasteiger partial charge in [0.25, 0.3) is 5.91 Å². The minimum Gasteiger partial charge on any atom is -0.495 e. The van der Waals surface area contributed by atoms with E-state index in [1.807, 2.05) is 0 Å². The van der Waals surface area contributed by atoms with Crippen LogP contribution in [0.4, 0.5) is 14.9 Å². The number of benzene rings is 3. The molecule has 1 aliphatic heterocycles. The summed E-state index contributed by atoms with van der Waals surface area (Å²) in [4.78, 5) is 38.2. The number of halogens is 1. The van der Waals surface area contributed by atoms with Crippen molar-refractivity contribution < 1.29 is 28.2 Å². The standard InChI is InChI=1S/C26H22FN3O5/c1-34-23-9-5-4-8-21(23)28-24(31)15-30-25(32)22(29-26(30)33)14-17-10-12-19(13-11-17)35-16-18-6-2-3-7-20(18)27/h2-14H,15-16H2,1H3,(H,28,31)(H,29,33)/b22-14+. The summed E-state index contributed by atoms with van der Waals surface area (Å²) < 4.78 is 24.5. The van der Waals surface area contributed by atoms with Crippen molar-refractivity contribution in [2.45, 2.75) is 6.61 Å². The van der Waals surface area contributed by atoms with E-state index in [4.69, 9.17) is 9.47 Å². The van der Waals surface area contributed by atoms with Gasteiger partial charge in [-0.2, -0.15) is 0 Å². The number of methoxy groups -OCH3 is 1. The first kappa shape index (κ1) is 23.5. The number of amides is 4. The van der Waals surface area contributed by atoms with Crippen LogP contribution in [0, 0.1) is 5.82 Å². The Balaban J connectivity index is 1.37. The summed E-state index contributed by atoms with van der Waals surface area (Å²) in [7, 11) is 1.47. The minimum absolute atomic E-state index is 0.0418. The lowest BCUT2D eigenvalue weighted by Gasteiger charge is -2.13. The highest BCUT2D eigenvalue weighted by Gasteiger charge is 2.35. The molecule has 0 saturated carbocycles. The van der Waals surface area contributed by atoms with Crippen LogP contribution < -0.4 is 20.1 Å². The van der Waals surface area contributed by atoms with Crippen LogP contribution in [-0.4, -0.2) is 36.4 Å². The Morgan fingerprint density at radius 1 is 1.03 bits per heavy atom. The van der Waals surface area contributed by atoms with E-state index in [1.54, 1.807) is 66.7 Å². The molecular weight excluding hydrogens is 453 g/mol. The van der Waals surface area contributed by atoms with Crippen LogP contribution in [0.15, 0.2) is 78.5 Å². The molecule has 35 heavy (non-hydrogen) atoms. The van der Waals surface area contributed by atoms with Crippen LogP contribution in [-0.2, 0) is 16.2 Å². The summed E-state index contributed by atoms with van der Waals surface area (Å²) in [6, 6.07) is 19.2. The SMILES string of the molecule is COc1ccccc1NC(=O)CN1C(=O)N/C(=C/c2ccc(OCc3ccccc3F)cc2)C1=O. The molecule has 1 fully saturated rings. The Bertz CT molecular complexity index is 1290. The molecule has 4 rings (SSSR count). The lowest BCUT2D eigenvalue weighted by atomic mass is 10.2. The van der Waals surface area contributed by atoms with Crippen LogP contribution >= 0.6 is 0 Å². The van der Waals surface area contributed by atoms with Gasteiger partial charge in [-0.05, 0) is 42.0 Å².